The standard InChI is InChI=1S/C30H44N2O3/c1-29-13-12-24-22(23(29)10-11-27(29)34)9-8-21-18-26(33)25(19-30(21,24)2)31-14-16-32(17-15-31)28(35)20-6-4-3-5-7-20/h3-7,21-27,33-34H,8-19H2,1-2H3/t21-,22-,23-,24-,25-,26-,27-,29-,30-/m0/s1. The molecule has 6 rings (SSSR count). The van der Waals surface area contributed by atoms with Crippen molar-refractivity contribution in [1.82, 2.24) is 9.80 Å². The number of piperazine rings is 1. The van der Waals surface area contributed by atoms with Gasteiger partial charge in [0.2, 0.25) is 0 Å². The summed E-state index contributed by atoms with van der Waals surface area (Å²) in [6, 6.07) is 9.81. The maximum atomic E-state index is 12.9. The third-order valence-corrected chi connectivity index (χ3v) is 11.7. The number of aliphatic hydroxyl groups is 2. The molecule has 1 amide bonds. The number of hydrogen-bond acceptors (Lipinski definition) is 4. The monoisotopic (exact) mass is 480 g/mol. The fraction of sp³-hybridized carbons (Fsp3) is 0.767. The van der Waals surface area contributed by atoms with Crippen molar-refractivity contribution in [3.63, 3.8) is 0 Å². The molecule has 5 aliphatic rings. The minimum Gasteiger partial charge on any atom is -0.393 e. The Morgan fingerprint density at radius 3 is 2.34 bits per heavy atom. The molecule has 4 aliphatic carbocycles. The van der Waals surface area contributed by atoms with Crippen LogP contribution >= 0.6 is 0 Å². The van der Waals surface area contributed by atoms with Gasteiger partial charge in [0.25, 0.3) is 5.91 Å². The predicted molar refractivity (Wildman–Crippen MR) is 137 cm³/mol. The molecular formula is C30H44N2O3. The Hall–Kier alpha value is -1.43. The Bertz CT molecular complexity index is 931. The smallest absolute Gasteiger partial charge is 0.253 e. The zero-order valence-electron chi connectivity index (χ0n) is 21.6. The summed E-state index contributed by atoms with van der Waals surface area (Å²) in [4.78, 5) is 17.4. The van der Waals surface area contributed by atoms with Crippen molar-refractivity contribution in [2.75, 3.05) is 26.2 Å². The zero-order valence-corrected chi connectivity index (χ0v) is 21.6. The van der Waals surface area contributed by atoms with Gasteiger partial charge in [0.15, 0.2) is 0 Å². The van der Waals surface area contributed by atoms with Crippen LogP contribution in [0.15, 0.2) is 30.3 Å². The lowest BCUT2D eigenvalue weighted by atomic mass is 9.44. The van der Waals surface area contributed by atoms with Gasteiger partial charge in [-0.05, 0) is 98.0 Å². The third-order valence-electron chi connectivity index (χ3n) is 11.7. The molecule has 0 aromatic heterocycles. The first kappa shape index (κ1) is 23.9. The van der Waals surface area contributed by atoms with E-state index in [1.165, 1.54) is 25.7 Å². The molecule has 35 heavy (non-hydrogen) atoms. The van der Waals surface area contributed by atoms with E-state index in [0.717, 1.165) is 69.3 Å². The number of rotatable bonds is 2. The largest absolute Gasteiger partial charge is 0.393 e. The third kappa shape index (κ3) is 3.79. The topological polar surface area (TPSA) is 64.0 Å². The minimum atomic E-state index is -0.261. The zero-order chi connectivity index (χ0) is 24.4. The van der Waals surface area contributed by atoms with E-state index < -0.39 is 0 Å². The van der Waals surface area contributed by atoms with Crippen molar-refractivity contribution in [2.45, 2.75) is 83.5 Å². The van der Waals surface area contributed by atoms with Crippen molar-refractivity contribution in [3.8, 4) is 0 Å². The van der Waals surface area contributed by atoms with Crippen LogP contribution in [0, 0.1) is 34.5 Å². The SMILES string of the molecule is C[C@]12C[C@H](N3CCN(C(=O)c4ccccc4)CC3)[C@@H](O)C[C@@H]1CC[C@@H]1[C@@H]2CC[C@]2(C)[C@@H](O)CC[C@@H]12. The molecule has 0 radical (unpaired) electrons. The van der Waals surface area contributed by atoms with Crippen molar-refractivity contribution in [2.24, 2.45) is 34.5 Å². The Morgan fingerprint density at radius 1 is 0.886 bits per heavy atom. The van der Waals surface area contributed by atoms with Crippen LogP contribution < -0.4 is 0 Å². The number of aliphatic hydroxyl groups excluding tert-OH is 2. The van der Waals surface area contributed by atoms with Gasteiger partial charge in [-0.3, -0.25) is 9.69 Å². The first-order valence-corrected chi connectivity index (χ1v) is 14.3. The molecule has 5 heteroatoms. The van der Waals surface area contributed by atoms with Crippen LogP contribution in [-0.4, -0.2) is 70.3 Å². The Balaban J connectivity index is 1.15. The second-order valence-corrected chi connectivity index (χ2v) is 13.1. The molecule has 0 bridgehead atoms. The van der Waals surface area contributed by atoms with Crippen LogP contribution in [0.25, 0.3) is 0 Å². The number of carbonyl (C=O) groups is 1. The quantitative estimate of drug-likeness (QED) is 0.666. The highest BCUT2D eigenvalue weighted by molar-refractivity contribution is 5.94. The maximum Gasteiger partial charge on any atom is 0.253 e. The van der Waals surface area contributed by atoms with E-state index in [4.69, 9.17) is 0 Å². The molecule has 0 unspecified atom stereocenters. The summed E-state index contributed by atoms with van der Waals surface area (Å²) < 4.78 is 0. The predicted octanol–water partition coefficient (Wildman–Crippen LogP) is 4.19. The summed E-state index contributed by atoms with van der Waals surface area (Å²) in [6.07, 6.45) is 8.74. The van der Waals surface area contributed by atoms with Gasteiger partial charge in [0.1, 0.15) is 0 Å². The average Bonchev–Trinajstić information content (AvgIpc) is 3.18. The molecule has 9 atom stereocenters. The van der Waals surface area contributed by atoms with E-state index in [1.807, 2.05) is 35.2 Å². The van der Waals surface area contributed by atoms with Gasteiger partial charge < -0.3 is 15.1 Å². The van der Waals surface area contributed by atoms with Gasteiger partial charge in [-0.1, -0.05) is 32.0 Å². The number of amides is 1. The van der Waals surface area contributed by atoms with Gasteiger partial charge in [-0.25, -0.2) is 0 Å². The summed E-state index contributed by atoms with van der Waals surface area (Å²) >= 11 is 0. The fourth-order valence-corrected chi connectivity index (χ4v) is 9.64. The molecule has 1 saturated heterocycles. The van der Waals surface area contributed by atoms with Crippen LogP contribution in [-0.2, 0) is 0 Å². The van der Waals surface area contributed by atoms with Gasteiger partial charge >= 0.3 is 0 Å². The molecular weight excluding hydrogens is 436 g/mol. The highest BCUT2D eigenvalue weighted by Crippen LogP contribution is 2.66. The summed E-state index contributed by atoms with van der Waals surface area (Å²) in [6.45, 7) is 8.09. The first-order valence-electron chi connectivity index (χ1n) is 14.3. The highest BCUT2D eigenvalue weighted by Gasteiger charge is 2.61. The van der Waals surface area contributed by atoms with Crippen LogP contribution in [0.4, 0.5) is 0 Å². The molecule has 5 fully saturated rings. The van der Waals surface area contributed by atoms with Crippen LogP contribution in [0.1, 0.15) is 75.6 Å². The van der Waals surface area contributed by atoms with Gasteiger partial charge in [-0.15, -0.1) is 0 Å². The van der Waals surface area contributed by atoms with Gasteiger partial charge in [-0.2, -0.15) is 0 Å². The number of hydrogen-bond donors (Lipinski definition) is 2. The van der Waals surface area contributed by atoms with E-state index in [9.17, 15) is 15.0 Å². The number of benzene rings is 1. The molecule has 4 saturated carbocycles. The van der Waals surface area contributed by atoms with E-state index in [1.54, 1.807) is 0 Å². The summed E-state index contributed by atoms with van der Waals surface area (Å²) in [5.41, 5.74) is 1.17. The van der Waals surface area contributed by atoms with Gasteiger partial charge in [0.05, 0.1) is 12.2 Å². The van der Waals surface area contributed by atoms with E-state index in [2.05, 4.69) is 18.7 Å². The lowest BCUT2D eigenvalue weighted by molar-refractivity contribution is -0.154. The molecule has 1 aliphatic heterocycles. The number of fused-ring (bicyclic) bond motifs is 5. The van der Waals surface area contributed by atoms with Crippen LogP contribution in [0.3, 0.4) is 0 Å². The summed E-state index contributed by atoms with van der Waals surface area (Å²) in [7, 11) is 0. The molecule has 0 spiro atoms. The lowest BCUT2D eigenvalue weighted by Gasteiger charge is -2.62. The van der Waals surface area contributed by atoms with Crippen molar-refractivity contribution < 1.29 is 15.0 Å². The minimum absolute atomic E-state index is 0.116. The maximum absolute atomic E-state index is 12.9. The van der Waals surface area contributed by atoms with Crippen molar-refractivity contribution in [1.29, 1.82) is 0 Å². The van der Waals surface area contributed by atoms with Gasteiger partial charge in [0, 0.05) is 37.8 Å². The lowest BCUT2D eigenvalue weighted by Crippen LogP contribution is -2.62. The van der Waals surface area contributed by atoms with Crippen LogP contribution in [0.2, 0.25) is 0 Å². The van der Waals surface area contributed by atoms with Crippen molar-refractivity contribution in [3.05, 3.63) is 35.9 Å². The Kier molecular flexibility index (Phi) is 6.05. The first-order chi connectivity index (χ1) is 16.8. The number of nitrogens with zero attached hydrogens (tertiary/aromatic N) is 2. The van der Waals surface area contributed by atoms with E-state index in [-0.39, 0.29) is 35.0 Å². The highest BCUT2D eigenvalue weighted by atomic mass is 16.3. The Labute approximate surface area is 210 Å². The molecule has 1 aromatic rings. The van der Waals surface area contributed by atoms with Crippen LogP contribution in [0.5, 0.6) is 0 Å². The summed E-state index contributed by atoms with van der Waals surface area (Å²) in [5, 5.41) is 22.1. The second-order valence-electron chi connectivity index (χ2n) is 13.1. The van der Waals surface area contributed by atoms with Crippen molar-refractivity contribution >= 4 is 5.91 Å². The molecule has 2 N–H and O–H groups in total. The molecule has 1 heterocycles. The van der Waals surface area contributed by atoms with E-state index >= 15 is 0 Å². The average molecular weight is 481 g/mol. The fourth-order valence-electron chi connectivity index (χ4n) is 9.64. The molecule has 1 aromatic carbocycles. The summed E-state index contributed by atoms with van der Waals surface area (Å²) in [5.74, 6) is 2.88. The second kappa shape index (κ2) is 8.85. The van der Waals surface area contributed by atoms with E-state index in [0.29, 0.717) is 11.8 Å². The molecule has 192 valence electrons. The number of carbonyl (C=O) groups excluding carboxylic acids is 1. The normalized spacial score (nSPS) is 45.9. The Morgan fingerprint density at radius 2 is 1.60 bits per heavy atom. The molecule has 5 nitrogen and oxygen atoms in total.